The molecule has 2 rings (SSSR count). The minimum atomic E-state index is -0.0226. The van der Waals surface area contributed by atoms with Gasteiger partial charge in [0.25, 0.3) is 0 Å². The summed E-state index contributed by atoms with van der Waals surface area (Å²) in [6.45, 7) is 10.9. The van der Waals surface area contributed by atoms with Gasteiger partial charge < -0.3 is 14.2 Å². The minimum absolute atomic E-state index is 0.0226. The molecule has 0 aliphatic carbocycles. The molecule has 0 bridgehead atoms. The average molecular weight is 292 g/mol. The maximum atomic E-state index is 8.77. The summed E-state index contributed by atoms with van der Waals surface area (Å²) in [5.41, 5.74) is 0.196. The molecule has 0 saturated heterocycles. The summed E-state index contributed by atoms with van der Waals surface area (Å²) in [6, 6.07) is 0. The average Bonchev–Trinajstić information content (AvgIpc) is 3.13. The quantitative estimate of drug-likeness (QED) is 0.921. The molecule has 0 spiro atoms. The molecule has 0 saturated carbocycles. The van der Waals surface area contributed by atoms with Crippen molar-refractivity contribution in [2.24, 2.45) is 0 Å². The predicted molar refractivity (Wildman–Crippen MR) is 85.1 cm³/mol. The van der Waals surface area contributed by atoms with Gasteiger partial charge in [-0.05, 0) is 40.5 Å². The van der Waals surface area contributed by atoms with Crippen LogP contribution >= 0.6 is 0 Å². The Morgan fingerprint density at radius 3 is 1.71 bits per heavy atom. The number of rotatable bonds is 5. The van der Waals surface area contributed by atoms with E-state index in [1.165, 1.54) is 0 Å². The van der Waals surface area contributed by atoms with Crippen molar-refractivity contribution in [1.29, 1.82) is 0 Å². The Labute approximate surface area is 127 Å². The van der Waals surface area contributed by atoms with Gasteiger partial charge in [-0.1, -0.05) is 6.92 Å². The van der Waals surface area contributed by atoms with Crippen LogP contribution in [-0.2, 0) is 11.1 Å². The van der Waals surface area contributed by atoms with Crippen LogP contribution in [0.1, 0.15) is 47.5 Å². The van der Waals surface area contributed by atoms with Gasteiger partial charge in [0.15, 0.2) is 0 Å². The van der Waals surface area contributed by atoms with Crippen LogP contribution in [0.15, 0.2) is 37.4 Å². The highest BCUT2D eigenvalue weighted by Gasteiger charge is 2.17. The number of hydrogen-bond acceptors (Lipinski definition) is 3. The molecule has 5 heteroatoms. The molecule has 5 nitrogen and oxygen atoms in total. The van der Waals surface area contributed by atoms with Crippen molar-refractivity contribution in [3.8, 4) is 0 Å². The second-order valence-corrected chi connectivity index (χ2v) is 6.39. The first kappa shape index (κ1) is 17.4. The summed E-state index contributed by atoms with van der Waals surface area (Å²) in [6.07, 6.45) is 13.0. The van der Waals surface area contributed by atoms with Gasteiger partial charge >= 0.3 is 0 Å². The Hall–Kier alpha value is -1.62. The highest BCUT2D eigenvalue weighted by atomic mass is 16.3. The van der Waals surface area contributed by atoms with Gasteiger partial charge in [0.1, 0.15) is 0 Å². The lowest BCUT2D eigenvalue weighted by atomic mass is 10.0. The second kappa shape index (κ2) is 7.41. The van der Waals surface area contributed by atoms with Crippen molar-refractivity contribution in [3.63, 3.8) is 0 Å². The molecule has 2 aromatic rings. The van der Waals surface area contributed by atoms with Gasteiger partial charge in [0.05, 0.1) is 12.7 Å². The molecule has 1 N–H and O–H groups in total. The fourth-order valence-corrected chi connectivity index (χ4v) is 1.82. The predicted octanol–water partition coefficient (Wildman–Crippen LogP) is 3.03. The van der Waals surface area contributed by atoms with Crippen LogP contribution in [0.25, 0.3) is 0 Å². The fraction of sp³-hybridized carbons (Fsp3) is 0.625. The Bertz CT molecular complexity index is 486. The summed E-state index contributed by atoms with van der Waals surface area (Å²) < 4.78 is 4.14. The van der Waals surface area contributed by atoms with Crippen molar-refractivity contribution in [2.75, 3.05) is 6.61 Å². The highest BCUT2D eigenvalue weighted by molar-refractivity contribution is 4.86. The van der Waals surface area contributed by atoms with Crippen molar-refractivity contribution in [2.45, 2.75) is 58.5 Å². The number of imidazole rings is 2. The molecule has 2 heterocycles. The fourth-order valence-electron chi connectivity index (χ4n) is 1.82. The number of aliphatic hydroxyl groups is 1. The first-order valence-electron chi connectivity index (χ1n) is 7.41. The van der Waals surface area contributed by atoms with E-state index in [9.17, 15) is 0 Å². The minimum Gasteiger partial charge on any atom is -0.396 e. The van der Waals surface area contributed by atoms with Gasteiger partial charge in [0, 0.05) is 42.5 Å². The third kappa shape index (κ3) is 5.01. The monoisotopic (exact) mass is 292 g/mol. The molecule has 2 aromatic heterocycles. The molecule has 0 aliphatic rings. The first-order valence-corrected chi connectivity index (χ1v) is 7.41. The lowest BCUT2D eigenvalue weighted by Crippen LogP contribution is -2.25. The van der Waals surface area contributed by atoms with E-state index in [1.807, 2.05) is 29.5 Å². The zero-order valence-electron chi connectivity index (χ0n) is 13.8. The van der Waals surface area contributed by atoms with E-state index in [1.54, 1.807) is 12.5 Å². The molecule has 118 valence electrons. The summed E-state index contributed by atoms with van der Waals surface area (Å²) in [7, 11) is 0. The van der Waals surface area contributed by atoms with Crippen molar-refractivity contribution >= 4 is 0 Å². The van der Waals surface area contributed by atoms with Crippen LogP contribution in [0.3, 0.4) is 0 Å². The van der Waals surface area contributed by atoms with Crippen LogP contribution in [-0.4, -0.2) is 30.8 Å². The number of aromatic nitrogens is 4. The van der Waals surface area contributed by atoms with Crippen LogP contribution in [0.5, 0.6) is 0 Å². The van der Waals surface area contributed by atoms with Crippen LogP contribution in [0.4, 0.5) is 0 Å². The van der Waals surface area contributed by atoms with E-state index in [-0.39, 0.29) is 17.7 Å². The molecule has 0 unspecified atom stereocenters. The largest absolute Gasteiger partial charge is 0.396 e. The van der Waals surface area contributed by atoms with Crippen molar-refractivity contribution in [1.82, 2.24) is 19.1 Å². The molecule has 0 fully saturated rings. The molecule has 0 radical (unpaired) electrons. The van der Waals surface area contributed by atoms with E-state index in [4.69, 9.17) is 5.11 Å². The van der Waals surface area contributed by atoms with Gasteiger partial charge in [-0.3, -0.25) is 0 Å². The Kier molecular flexibility index (Phi) is 6.15. The van der Waals surface area contributed by atoms with E-state index in [2.05, 4.69) is 49.2 Å². The molecule has 0 amide bonds. The zero-order valence-corrected chi connectivity index (χ0v) is 13.8. The molecular formula is C16H28N4O. The smallest absolute Gasteiger partial charge is 0.0950 e. The first-order chi connectivity index (χ1) is 9.83. The molecule has 21 heavy (non-hydrogen) atoms. The van der Waals surface area contributed by atoms with E-state index in [0.29, 0.717) is 0 Å². The Balaban J connectivity index is 0.000000211. The van der Waals surface area contributed by atoms with Crippen LogP contribution in [0.2, 0.25) is 0 Å². The molecule has 0 aliphatic heterocycles. The lowest BCUT2D eigenvalue weighted by molar-refractivity contribution is 0.213. The summed E-state index contributed by atoms with van der Waals surface area (Å²) in [5.74, 6) is 0. The maximum absolute atomic E-state index is 8.77. The standard InChI is InChI=1S/C8H14N2O.C8H14N2/c1-8(2,3-6-11)10-5-4-9-7-10;1-4-8(2,3)10-6-5-9-7-10/h4-5,7,11H,3,6H2,1-2H3;5-7H,4H2,1-3H3. The van der Waals surface area contributed by atoms with Gasteiger partial charge in [-0.25, -0.2) is 9.97 Å². The summed E-state index contributed by atoms with van der Waals surface area (Å²) >= 11 is 0. The van der Waals surface area contributed by atoms with E-state index in [0.717, 1.165) is 12.8 Å². The van der Waals surface area contributed by atoms with E-state index < -0.39 is 0 Å². The van der Waals surface area contributed by atoms with Gasteiger partial charge in [-0.15, -0.1) is 0 Å². The number of nitrogens with zero attached hydrogens (tertiary/aromatic N) is 4. The zero-order chi connectivity index (χ0) is 15.9. The van der Waals surface area contributed by atoms with E-state index >= 15 is 0 Å². The molecule has 0 atom stereocenters. The number of aliphatic hydroxyl groups excluding tert-OH is 1. The number of hydrogen-bond donors (Lipinski definition) is 1. The normalized spacial score (nSPS) is 11.9. The second-order valence-electron chi connectivity index (χ2n) is 6.39. The van der Waals surface area contributed by atoms with Crippen LogP contribution < -0.4 is 0 Å². The maximum Gasteiger partial charge on any atom is 0.0950 e. The topological polar surface area (TPSA) is 55.9 Å². The van der Waals surface area contributed by atoms with Crippen LogP contribution in [0, 0.1) is 0 Å². The van der Waals surface area contributed by atoms with Crippen molar-refractivity contribution in [3.05, 3.63) is 37.4 Å². The lowest BCUT2D eigenvalue weighted by Gasteiger charge is -2.25. The highest BCUT2D eigenvalue weighted by Crippen LogP contribution is 2.18. The molecule has 0 aromatic carbocycles. The summed E-state index contributed by atoms with van der Waals surface area (Å²) in [4.78, 5) is 7.95. The SMILES string of the molecule is CC(C)(CCO)n1ccnc1.CCC(C)(C)n1ccnc1. The van der Waals surface area contributed by atoms with Gasteiger partial charge in [0.2, 0.25) is 0 Å². The third-order valence-electron chi connectivity index (χ3n) is 4.00. The molecular weight excluding hydrogens is 264 g/mol. The Morgan fingerprint density at radius 2 is 1.38 bits per heavy atom. The third-order valence-corrected chi connectivity index (χ3v) is 4.00. The van der Waals surface area contributed by atoms with Gasteiger partial charge in [-0.2, -0.15) is 0 Å². The summed E-state index contributed by atoms with van der Waals surface area (Å²) in [5, 5.41) is 8.77. The Morgan fingerprint density at radius 1 is 0.905 bits per heavy atom. The van der Waals surface area contributed by atoms with Crippen molar-refractivity contribution < 1.29 is 5.11 Å².